The molecule has 0 spiro atoms. The number of hydrogen-bond acceptors (Lipinski definition) is 2. The molecule has 1 fully saturated rings. The van der Waals surface area contributed by atoms with E-state index in [9.17, 15) is 4.79 Å². The number of benzene rings is 1. The van der Waals surface area contributed by atoms with Crippen LogP contribution in [0.1, 0.15) is 36.5 Å². The summed E-state index contributed by atoms with van der Waals surface area (Å²) in [6, 6.07) is 9.57. The van der Waals surface area contributed by atoms with Crippen molar-refractivity contribution in [2.75, 3.05) is 13.6 Å². The molecule has 0 heterocycles. The van der Waals surface area contributed by atoms with Gasteiger partial charge in [0.25, 0.3) is 0 Å². The number of rotatable bonds is 5. The normalized spacial score (nSPS) is 17.8. The van der Waals surface area contributed by atoms with Crippen molar-refractivity contribution in [2.45, 2.75) is 32.2 Å². The van der Waals surface area contributed by atoms with Crippen molar-refractivity contribution < 1.29 is 4.79 Å². The lowest BCUT2D eigenvalue weighted by molar-refractivity contribution is 0.0828. The van der Waals surface area contributed by atoms with E-state index in [1.807, 2.05) is 37.3 Å². The maximum atomic E-state index is 12.2. The molecule has 1 aliphatic rings. The average molecular weight is 231 g/mol. The highest BCUT2D eigenvalue weighted by Gasteiger charge is 2.24. The quantitative estimate of drug-likeness (QED) is 0.726. The minimum atomic E-state index is -0.0157. The second-order valence-corrected chi connectivity index (χ2v) is 5.14. The highest BCUT2D eigenvalue weighted by Crippen LogP contribution is 2.27. The van der Waals surface area contributed by atoms with Gasteiger partial charge in [0.1, 0.15) is 0 Å². The molecule has 0 N–H and O–H groups in total. The van der Waals surface area contributed by atoms with E-state index in [4.69, 9.17) is 0 Å². The van der Waals surface area contributed by atoms with Crippen LogP contribution in [-0.2, 0) is 0 Å². The molecule has 0 aromatic heterocycles. The Morgan fingerprint density at radius 2 is 2.00 bits per heavy atom. The van der Waals surface area contributed by atoms with Gasteiger partial charge < -0.3 is 0 Å². The van der Waals surface area contributed by atoms with Crippen LogP contribution in [0.2, 0.25) is 0 Å². The van der Waals surface area contributed by atoms with Gasteiger partial charge in [-0.1, -0.05) is 36.8 Å². The number of Topliss-reactive ketones (excluding diaryl/α,β-unsaturated/α-hetero) is 1. The highest BCUT2D eigenvalue weighted by atomic mass is 16.1. The van der Waals surface area contributed by atoms with Gasteiger partial charge in [0.05, 0.1) is 6.04 Å². The molecule has 1 atom stereocenters. The molecule has 0 radical (unpaired) electrons. The molecule has 2 heteroatoms. The van der Waals surface area contributed by atoms with E-state index in [0.29, 0.717) is 0 Å². The van der Waals surface area contributed by atoms with E-state index >= 15 is 0 Å². The number of hydrogen-bond donors (Lipinski definition) is 0. The molecule has 2 rings (SSSR count). The molecule has 1 unspecified atom stereocenters. The van der Waals surface area contributed by atoms with Crippen LogP contribution < -0.4 is 0 Å². The summed E-state index contributed by atoms with van der Waals surface area (Å²) < 4.78 is 0. The number of carbonyl (C=O) groups excluding carboxylic acids is 1. The number of carbonyl (C=O) groups is 1. The van der Waals surface area contributed by atoms with E-state index in [2.05, 4.69) is 11.9 Å². The first kappa shape index (κ1) is 12.3. The third-order valence-electron chi connectivity index (χ3n) is 3.87. The van der Waals surface area contributed by atoms with Crippen LogP contribution >= 0.6 is 0 Å². The van der Waals surface area contributed by atoms with Crippen molar-refractivity contribution >= 4 is 5.78 Å². The van der Waals surface area contributed by atoms with E-state index in [1.54, 1.807) is 0 Å². The van der Waals surface area contributed by atoms with Crippen LogP contribution in [0, 0.1) is 5.92 Å². The largest absolute Gasteiger partial charge is 0.296 e. The summed E-state index contributed by atoms with van der Waals surface area (Å²) in [7, 11) is 2.06. The molecule has 1 aromatic carbocycles. The Bertz CT molecular complexity index is 370. The van der Waals surface area contributed by atoms with Crippen LogP contribution in [0.4, 0.5) is 0 Å². The van der Waals surface area contributed by atoms with Crippen molar-refractivity contribution in [3.63, 3.8) is 0 Å². The van der Waals surface area contributed by atoms with Gasteiger partial charge in [-0.05, 0) is 32.7 Å². The van der Waals surface area contributed by atoms with Crippen LogP contribution in [0.15, 0.2) is 30.3 Å². The van der Waals surface area contributed by atoms with E-state index in [1.165, 1.54) is 19.3 Å². The number of likely N-dealkylation sites (N-methyl/N-ethyl adjacent to an activating group) is 1. The Morgan fingerprint density at radius 1 is 1.35 bits per heavy atom. The standard InChI is InChI=1S/C15H21NO/c1-12(16(2)11-13-7-6-8-13)15(17)14-9-4-3-5-10-14/h3-5,9-10,12-13H,6-8,11H2,1-2H3. The molecule has 0 bridgehead atoms. The van der Waals surface area contributed by atoms with Gasteiger partial charge in [-0.2, -0.15) is 0 Å². The highest BCUT2D eigenvalue weighted by molar-refractivity contribution is 5.99. The van der Waals surface area contributed by atoms with E-state index in [-0.39, 0.29) is 11.8 Å². The zero-order chi connectivity index (χ0) is 12.3. The van der Waals surface area contributed by atoms with Gasteiger partial charge in [0, 0.05) is 12.1 Å². The van der Waals surface area contributed by atoms with Crippen molar-refractivity contribution in [2.24, 2.45) is 5.92 Å². The lowest BCUT2D eigenvalue weighted by Gasteiger charge is -2.32. The number of ketones is 1. The summed E-state index contributed by atoms with van der Waals surface area (Å²) in [6.45, 7) is 3.06. The Hall–Kier alpha value is -1.15. The van der Waals surface area contributed by atoms with Crippen LogP contribution in [0.25, 0.3) is 0 Å². The maximum Gasteiger partial charge on any atom is 0.179 e. The van der Waals surface area contributed by atoms with Crippen LogP contribution in [0.5, 0.6) is 0 Å². The van der Waals surface area contributed by atoms with Gasteiger partial charge in [0.15, 0.2) is 5.78 Å². The average Bonchev–Trinajstić information content (AvgIpc) is 2.32. The first-order valence-electron chi connectivity index (χ1n) is 6.48. The summed E-state index contributed by atoms with van der Waals surface area (Å²) in [5.74, 6) is 1.04. The Morgan fingerprint density at radius 3 is 2.53 bits per heavy atom. The molecule has 0 amide bonds. The topological polar surface area (TPSA) is 20.3 Å². The molecule has 1 aliphatic carbocycles. The van der Waals surface area contributed by atoms with Gasteiger partial charge in [0.2, 0.25) is 0 Å². The lowest BCUT2D eigenvalue weighted by atomic mass is 9.85. The zero-order valence-corrected chi connectivity index (χ0v) is 10.7. The van der Waals surface area contributed by atoms with Gasteiger partial charge >= 0.3 is 0 Å². The van der Waals surface area contributed by atoms with E-state index < -0.39 is 0 Å². The van der Waals surface area contributed by atoms with Gasteiger partial charge in [-0.25, -0.2) is 0 Å². The molecule has 17 heavy (non-hydrogen) atoms. The summed E-state index contributed by atoms with van der Waals surface area (Å²) in [6.07, 6.45) is 4.02. The van der Waals surface area contributed by atoms with Gasteiger partial charge in [-0.15, -0.1) is 0 Å². The Kier molecular flexibility index (Phi) is 3.95. The van der Waals surface area contributed by atoms with Crippen molar-refractivity contribution in [1.82, 2.24) is 4.90 Å². The number of nitrogens with zero attached hydrogens (tertiary/aromatic N) is 1. The smallest absolute Gasteiger partial charge is 0.179 e. The SMILES string of the molecule is CC(C(=O)c1ccccc1)N(C)CC1CCC1. The van der Waals surface area contributed by atoms with Crippen molar-refractivity contribution in [3.05, 3.63) is 35.9 Å². The first-order chi connectivity index (χ1) is 8.18. The third-order valence-corrected chi connectivity index (χ3v) is 3.87. The monoisotopic (exact) mass is 231 g/mol. The Labute approximate surface area is 104 Å². The third kappa shape index (κ3) is 2.95. The Balaban J connectivity index is 1.94. The van der Waals surface area contributed by atoms with Gasteiger partial charge in [-0.3, -0.25) is 9.69 Å². The molecular weight excluding hydrogens is 210 g/mol. The van der Waals surface area contributed by atoms with Crippen molar-refractivity contribution in [3.8, 4) is 0 Å². The van der Waals surface area contributed by atoms with Crippen LogP contribution in [0.3, 0.4) is 0 Å². The minimum Gasteiger partial charge on any atom is -0.296 e. The predicted octanol–water partition coefficient (Wildman–Crippen LogP) is 2.99. The lowest BCUT2D eigenvalue weighted by Crippen LogP contribution is -2.40. The fourth-order valence-electron chi connectivity index (χ4n) is 2.28. The maximum absolute atomic E-state index is 12.2. The fourth-order valence-corrected chi connectivity index (χ4v) is 2.28. The molecule has 0 saturated heterocycles. The fraction of sp³-hybridized carbons (Fsp3) is 0.533. The summed E-state index contributed by atoms with van der Waals surface area (Å²) in [4.78, 5) is 14.4. The van der Waals surface area contributed by atoms with Crippen molar-refractivity contribution in [1.29, 1.82) is 0 Å². The first-order valence-corrected chi connectivity index (χ1v) is 6.48. The molecule has 2 nitrogen and oxygen atoms in total. The zero-order valence-electron chi connectivity index (χ0n) is 10.7. The van der Waals surface area contributed by atoms with Crippen LogP contribution in [-0.4, -0.2) is 30.3 Å². The second kappa shape index (κ2) is 5.46. The molecule has 92 valence electrons. The summed E-state index contributed by atoms with van der Waals surface area (Å²) >= 11 is 0. The van der Waals surface area contributed by atoms with E-state index in [0.717, 1.165) is 18.0 Å². The summed E-state index contributed by atoms with van der Waals surface area (Å²) in [5.41, 5.74) is 0.820. The minimum absolute atomic E-state index is 0.0157. The predicted molar refractivity (Wildman–Crippen MR) is 70.2 cm³/mol. The molecule has 1 saturated carbocycles. The molecular formula is C15H21NO. The second-order valence-electron chi connectivity index (χ2n) is 5.14. The molecule has 1 aromatic rings. The molecule has 0 aliphatic heterocycles. The summed E-state index contributed by atoms with van der Waals surface area (Å²) in [5, 5.41) is 0.